The maximum atomic E-state index is 12.1. The molecule has 0 unspecified atom stereocenters. The monoisotopic (exact) mass is 312 g/mol. The number of carboxylic acids is 1. The number of hydrogen-bond donors (Lipinski definition) is 2. The van der Waals surface area contributed by atoms with Gasteiger partial charge in [0.1, 0.15) is 12.4 Å². The molecule has 1 heterocycles. The molecule has 0 fully saturated rings. The number of carboxylic acid groups (broad SMARTS) is 1. The molecule has 0 atom stereocenters. The summed E-state index contributed by atoms with van der Waals surface area (Å²) in [5.74, 6) is -1.48. The zero-order valence-electron chi connectivity index (χ0n) is 11.8. The molecule has 0 saturated heterocycles. The molecule has 0 aliphatic carbocycles. The van der Waals surface area contributed by atoms with Crippen LogP contribution in [0.15, 0.2) is 48.7 Å². The summed E-state index contributed by atoms with van der Waals surface area (Å²) in [6.07, 6.45) is 0.519. The minimum Gasteiger partial charge on any atom is -0.507 e. The van der Waals surface area contributed by atoms with Gasteiger partial charge in [0.25, 0.3) is 0 Å². The van der Waals surface area contributed by atoms with Crippen LogP contribution in [-0.4, -0.2) is 32.1 Å². The maximum Gasteiger partial charge on any atom is 0.435 e. The van der Waals surface area contributed by atoms with Gasteiger partial charge in [-0.1, -0.05) is 30.3 Å². The van der Waals surface area contributed by atoms with E-state index in [0.717, 1.165) is 16.3 Å². The van der Waals surface area contributed by atoms with Gasteiger partial charge in [0.05, 0.1) is 22.7 Å². The first-order valence-electron chi connectivity index (χ1n) is 6.71. The number of ether oxygens (including phenoxy) is 1. The van der Waals surface area contributed by atoms with Crippen molar-refractivity contribution in [3.8, 4) is 5.75 Å². The predicted molar refractivity (Wildman–Crippen MR) is 80.4 cm³/mol. The fourth-order valence-electron chi connectivity index (χ4n) is 2.16. The molecular weight excluding hydrogens is 300 g/mol. The van der Waals surface area contributed by atoms with Gasteiger partial charge in [-0.25, -0.2) is 9.59 Å². The van der Waals surface area contributed by atoms with Gasteiger partial charge in [0.15, 0.2) is 0 Å². The molecule has 1 aromatic heterocycles. The van der Waals surface area contributed by atoms with Crippen LogP contribution >= 0.6 is 0 Å². The molecule has 116 valence electrons. The lowest BCUT2D eigenvalue weighted by molar-refractivity contribution is 0.0696. The molecule has 3 aromatic rings. The van der Waals surface area contributed by atoms with Crippen molar-refractivity contribution in [1.82, 2.24) is 9.78 Å². The van der Waals surface area contributed by atoms with Crippen molar-refractivity contribution >= 4 is 23.0 Å². The van der Waals surface area contributed by atoms with Crippen LogP contribution in [0.1, 0.15) is 15.9 Å². The zero-order valence-corrected chi connectivity index (χ0v) is 11.8. The Labute approximate surface area is 130 Å². The molecule has 7 nitrogen and oxygen atoms in total. The second-order valence-electron chi connectivity index (χ2n) is 4.83. The Hall–Kier alpha value is -3.35. The lowest BCUT2D eigenvalue weighted by atomic mass is 10.1. The predicted octanol–water partition coefficient (Wildman–Crippen LogP) is 2.63. The molecule has 3 rings (SSSR count). The van der Waals surface area contributed by atoms with Crippen LogP contribution in [-0.2, 0) is 11.3 Å². The fraction of sp³-hybridized carbons (Fsp3) is 0.0625. The molecule has 2 N–H and O–H groups in total. The standard InChI is InChI=1S/C16H12N2O5/c19-14-7-11(15(20)21)6-13-12(14)8-17-18(13)16(22)23-9-10-4-2-1-3-5-10/h1-8,19H,9H2,(H,20,21). The molecule has 0 spiro atoms. The number of fused-ring (bicyclic) bond motifs is 1. The van der Waals surface area contributed by atoms with Crippen molar-refractivity contribution in [2.75, 3.05) is 0 Å². The summed E-state index contributed by atoms with van der Waals surface area (Å²) in [5, 5.41) is 23.0. The van der Waals surface area contributed by atoms with Gasteiger partial charge in [-0.2, -0.15) is 9.78 Å². The highest BCUT2D eigenvalue weighted by Gasteiger charge is 2.17. The van der Waals surface area contributed by atoms with Crippen molar-refractivity contribution in [1.29, 1.82) is 0 Å². The Morgan fingerprint density at radius 1 is 1.17 bits per heavy atom. The Bertz CT molecular complexity index is 886. The summed E-state index contributed by atoms with van der Waals surface area (Å²) < 4.78 is 6.07. The summed E-state index contributed by atoms with van der Waals surface area (Å²) in [5.41, 5.74) is 0.833. The van der Waals surface area contributed by atoms with E-state index in [1.54, 1.807) is 0 Å². The quantitative estimate of drug-likeness (QED) is 0.771. The maximum absolute atomic E-state index is 12.1. The van der Waals surface area contributed by atoms with Crippen molar-refractivity contribution < 1.29 is 24.5 Å². The van der Waals surface area contributed by atoms with Crippen LogP contribution in [0.3, 0.4) is 0 Å². The minimum atomic E-state index is -1.22. The van der Waals surface area contributed by atoms with E-state index >= 15 is 0 Å². The number of rotatable bonds is 3. The van der Waals surface area contributed by atoms with Gasteiger partial charge in [-0.05, 0) is 17.7 Å². The number of benzene rings is 2. The molecular formula is C16H12N2O5. The van der Waals surface area contributed by atoms with E-state index in [9.17, 15) is 14.7 Å². The van der Waals surface area contributed by atoms with E-state index in [1.807, 2.05) is 30.3 Å². The number of hydrogen-bond acceptors (Lipinski definition) is 5. The zero-order chi connectivity index (χ0) is 16.4. The molecule has 0 saturated carbocycles. The molecule has 0 aliphatic rings. The highest BCUT2D eigenvalue weighted by molar-refractivity contribution is 5.98. The molecule has 0 radical (unpaired) electrons. The average Bonchev–Trinajstić information content (AvgIpc) is 2.98. The second kappa shape index (κ2) is 5.80. The van der Waals surface area contributed by atoms with Gasteiger partial charge in [-0.15, -0.1) is 0 Å². The second-order valence-corrected chi connectivity index (χ2v) is 4.83. The Balaban J connectivity index is 1.90. The van der Waals surface area contributed by atoms with Gasteiger partial charge in [0.2, 0.25) is 0 Å². The lowest BCUT2D eigenvalue weighted by Crippen LogP contribution is -2.15. The van der Waals surface area contributed by atoms with Crippen LogP contribution in [0.25, 0.3) is 10.9 Å². The lowest BCUT2D eigenvalue weighted by Gasteiger charge is -2.06. The topological polar surface area (TPSA) is 102 Å². The van der Waals surface area contributed by atoms with E-state index < -0.39 is 12.1 Å². The highest BCUT2D eigenvalue weighted by Crippen LogP contribution is 2.26. The highest BCUT2D eigenvalue weighted by atomic mass is 16.6. The summed E-state index contributed by atoms with van der Waals surface area (Å²) >= 11 is 0. The van der Waals surface area contributed by atoms with Gasteiger partial charge >= 0.3 is 12.1 Å². The smallest absolute Gasteiger partial charge is 0.435 e. The summed E-state index contributed by atoms with van der Waals surface area (Å²) in [7, 11) is 0. The van der Waals surface area contributed by atoms with Crippen molar-refractivity contribution in [3.05, 3.63) is 59.8 Å². The van der Waals surface area contributed by atoms with E-state index in [2.05, 4.69) is 5.10 Å². The minimum absolute atomic E-state index is 0.0611. The molecule has 0 bridgehead atoms. The molecule has 0 amide bonds. The normalized spacial score (nSPS) is 10.6. The first kappa shape index (κ1) is 14.6. The average molecular weight is 312 g/mol. The Kier molecular flexibility index (Phi) is 3.68. The van der Waals surface area contributed by atoms with E-state index in [4.69, 9.17) is 9.84 Å². The first-order valence-corrected chi connectivity index (χ1v) is 6.71. The molecule has 0 aliphatic heterocycles. The van der Waals surface area contributed by atoms with Crippen molar-refractivity contribution in [2.45, 2.75) is 6.61 Å². The van der Waals surface area contributed by atoms with E-state index in [1.165, 1.54) is 12.3 Å². The van der Waals surface area contributed by atoms with Crippen LogP contribution in [0.2, 0.25) is 0 Å². The Morgan fingerprint density at radius 3 is 2.61 bits per heavy atom. The molecule has 7 heteroatoms. The van der Waals surface area contributed by atoms with E-state index in [0.29, 0.717) is 0 Å². The third-order valence-electron chi connectivity index (χ3n) is 3.29. The van der Waals surface area contributed by atoms with Crippen LogP contribution in [0.5, 0.6) is 5.75 Å². The number of phenolic OH excluding ortho intramolecular Hbond substituents is 1. The number of aromatic hydroxyl groups is 1. The van der Waals surface area contributed by atoms with E-state index in [-0.39, 0.29) is 28.8 Å². The van der Waals surface area contributed by atoms with Crippen LogP contribution < -0.4 is 0 Å². The molecule has 23 heavy (non-hydrogen) atoms. The number of aromatic nitrogens is 2. The fourth-order valence-corrected chi connectivity index (χ4v) is 2.16. The largest absolute Gasteiger partial charge is 0.507 e. The third-order valence-corrected chi connectivity index (χ3v) is 3.29. The molecule has 2 aromatic carbocycles. The van der Waals surface area contributed by atoms with Gasteiger partial charge in [-0.3, -0.25) is 0 Å². The number of carbonyl (C=O) groups is 2. The summed E-state index contributed by atoms with van der Waals surface area (Å²) in [4.78, 5) is 23.2. The van der Waals surface area contributed by atoms with Crippen molar-refractivity contribution in [3.63, 3.8) is 0 Å². The van der Waals surface area contributed by atoms with Gasteiger partial charge < -0.3 is 14.9 Å². The first-order chi connectivity index (χ1) is 11.1. The van der Waals surface area contributed by atoms with Crippen LogP contribution in [0.4, 0.5) is 4.79 Å². The number of aromatic carboxylic acids is 1. The summed E-state index contributed by atoms with van der Waals surface area (Å²) in [6.45, 7) is 0.0611. The number of carbonyl (C=O) groups excluding carboxylic acids is 1. The third kappa shape index (κ3) is 2.84. The summed E-state index contributed by atoms with van der Waals surface area (Å²) in [6, 6.07) is 11.5. The van der Waals surface area contributed by atoms with Crippen molar-refractivity contribution in [2.24, 2.45) is 0 Å². The number of phenols is 1. The SMILES string of the molecule is O=C(O)c1cc(O)c2cnn(C(=O)OCc3ccccc3)c2c1. The Morgan fingerprint density at radius 2 is 1.91 bits per heavy atom. The van der Waals surface area contributed by atoms with Crippen LogP contribution in [0, 0.1) is 0 Å². The van der Waals surface area contributed by atoms with Gasteiger partial charge in [0, 0.05) is 0 Å². The number of nitrogens with zero attached hydrogens (tertiary/aromatic N) is 2.